The predicted molar refractivity (Wildman–Crippen MR) is 90.6 cm³/mol. The lowest BCUT2D eigenvalue weighted by atomic mass is 10.0. The lowest BCUT2D eigenvalue weighted by Gasteiger charge is -2.16. The zero-order valence-electron chi connectivity index (χ0n) is 13.7. The molecular weight excluding hydrogens is 290 g/mol. The van der Waals surface area contributed by atoms with E-state index in [1.807, 2.05) is 42.5 Å². The van der Waals surface area contributed by atoms with Gasteiger partial charge in [-0.1, -0.05) is 55.3 Å². The smallest absolute Gasteiger partial charge is 0.328 e. The molecule has 0 bridgehead atoms. The number of carbonyl (C=O) groups excluding carboxylic acids is 2. The fraction of sp³-hybridized carbons (Fsp3) is 0.474. The van der Waals surface area contributed by atoms with E-state index in [0.29, 0.717) is 18.8 Å². The minimum absolute atomic E-state index is 0.0552. The molecule has 1 amide bonds. The second-order valence-electron chi connectivity index (χ2n) is 6.05. The molecule has 0 spiro atoms. The zero-order chi connectivity index (χ0) is 16.5. The molecule has 1 N–H and O–H groups in total. The molecule has 1 aromatic rings. The summed E-state index contributed by atoms with van der Waals surface area (Å²) >= 11 is 0. The van der Waals surface area contributed by atoms with Crippen molar-refractivity contribution in [1.29, 1.82) is 0 Å². The maximum absolute atomic E-state index is 12.1. The van der Waals surface area contributed by atoms with Crippen molar-refractivity contribution in [1.82, 2.24) is 5.32 Å². The summed E-state index contributed by atoms with van der Waals surface area (Å²) in [6, 6.07) is 9.23. The highest BCUT2D eigenvalue weighted by molar-refractivity contribution is 5.84. The number of esters is 1. The van der Waals surface area contributed by atoms with Crippen molar-refractivity contribution < 1.29 is 14.3 Å². The summed E-state index contributed by atoms with van der Waals surface area (Å²) in [5, 5.41) is 2.82. The summed E-state index contributed by atoms with van der Waals surface area (Å²) < 4.78 is 4.80. The number of carbonyl (C=O) groups is 2. The van der Waals surface area contributed by atoms with E-state index < -0.39 is 12.0 Å². The van der Waals surface area contributed by atoms with Gasteiger partial charge in [-0.2, -0.15) is 0 Å². The summed E-state index contributed by atoms with van der Waals surface area (Å²) in [5.41, 5.74) is 1.06. The monoisotopic (exact) mass is 315 g/mol. The van der Waals surface area contributed by atoms with Gasteiger partial charge in [-0.05, 0) is 30.7 Å². The number of ether oxygens (including phenoxy) is 1. The molecule has 1 atom stereocenters. The Balaban J connectivity index is 1.87. The Morgan fingerprint density at radius 1 is 1.26 bits per heavy atom. The maximum Gasteiger partial charge on any atom is 0.328 e. The molecule has 0 unspecified atom stereocenters. The molecule has 0 aromatic heterocycles. The Hall–Kier alpha value is -2.10. The van der Waals surface area contributed by atoms with E-state index in [1.165, 1.54) is 20.0 Å². The Labute approximate surface area is 137 Å². The van der Waals surface area contributed by atoms with Crippen molar-refractivity contribution in [3.8, 4) is 0 Å². The first kappa shape index (κ1) is 17.3. The van der Waals surface area contributed by atoms with Gasteiger partial charge in [-0.25, -0.2) is 4.79 Å². The van der Waals surface area contributed by atoms with Crippen LogP contribution in [0.5, 0.6) is 0 Å². The Kier molecular flexibility index (Phi) is 6.85. The molecule has 0 aliphatic heterocycles. The molecule has 4 nitrogen and oxygen atoms in total. The van der Waals surface area contributed by atoms with Crippen molar-refractivity contribution in [2.45, 2.75) is 44.6 Å². The van der Waals surface area contributed by atoms with Crippen molar-refractivity contribution in [2.24, 2.45) is 5.92 Å². The minimum atomic E-state index is -0.617. The number of hydrogen-bond donors (Lipinski definition) is 1. The van der Waals surface area contributed by atoms with Crippen LogP contribution in [0.4, 0.5) is 0 Å². The second kappa shape index (κ2) is 9.13. The quantitative estimate of drug-likeness (QED) is 0.785. The van der Waals surface area contributed by atoms with Gasteiger partial charge in [-0.15, -0.1) is 0 Å². The molecule has 0 heterocycles. The van der Waals surface area contributed by atoms with Crippen LogP contribution in [0.1, 0.15) is 44.1 Å². The topological polar surface area (TPSA) is 55.4 Å². The van der Waals surface area contributed by atoms with Gasteiger partial charge in [0, 0.05) is 6.42 Å². The van der Waals surface area contributed by atoms with Gasteiger partial charge in [0.1, 0.15) is 6.04 Å². The first-order valence-electron chi connectivity index (χ1n) is 8.28. The number of amides is 1. The van der Waals surface area contributed by atoms with Crippen LogP contribution in [0.25, 0.3) is 6.08 Å². The predicted octanol–water partition coefficient (Wildman–Crippen LogP) is 3.33. The summed E-state index contributed by atoms with van der Waals surface area (Å²) in [6.45, 7) is 0. The molecule has 1 fully saturated rings. The first-order chi connectivity index (χ1) is 11.2. The van der Waals surface area contributed by atoms with E-state index in [-0.39, 0.29) is 5.91 Å². The number of nitrogens with one attached hydrogen (secondary N) is 1. The van der Waals surface area contributed by atoms with Gasteiger partial charge in [0.15, 0.2) is 0 Å². The van der Waals surface area contributed by atoms with Crippen LogP contribution >= 0.6 is 0 Å². The van der Waals surface area contributed by atoms with Crippen molar-refractivity contribution in [3.63, 3.8) is 0 Å². The average molecular weight is 315 g/mol. The molecule has 2 rings (SSSR count). The fourth-order valence-electron chi connectivity index (χ4n) is 2.99. The van der Waals surface area contributed by atoms with Gasteiger partial charge < -0.3 is 10.1 Å². The molecule has 1 aliphatic carbocycles. The van der Waals surface area contributed by atoms with Gasteiger partial charge >= 0.3 is 5.97 Å². The van der Waals surface area contributed by atoms with E-state index in [0.717, 1.165) is 18.4 Å². The highest BCUT2D eigenvalue weighted by atomic mass is 16.5. The highest BCUT2D eigenvalue weighted by Gasteiger charge is 2.23. The van der Waals surface area contributed by atoms with Crippen LogP contribution in [0.2, 0.25) is 0 Å². The largest absolute Gasteiger partial charge is 0.467 e. The summed E-state index contributed by atoms with van der Waals surface area (Å²) in [7, 11) is 1.35. The molecular formula is C19H25NO3. The van der Waals surface area contributed by atoms with Crippen LogP contribution in [0, 0.1) is 5.92 Å². The van der Waals surface area contributed by atoms with Crippen molar-refractivity contribution in [2.75, 3.05) is 7.11 Å². The number of hydrogen-bond acceptors (Lipinski definition) is 3. The third kappa shape index (κ3) is 5.89. The lowest BCUT2D eigenvalue weighted by molar-refractivity contribution is -0.145. The van der Waals surface area contributed by atoms with Crippen LogP contribution < -0.4 is 5.32 Å². The highest BCUT2D eigenvalue weighted by Crippen LogP contribution is 2.27. The van der Waals surface area contributed by atoms with E-state index in [9.17, 15) is 9.59 Å². The molecule has 23 heavy (non-hydrogen) atoms. The van der Waals surface area contributed by atoms with Crippen molar-refractivity contribution >= 4 is 18.0 Å². The van der Waals surface area contributed by atoms with Crippen LogP contribution in [0.15, 0.2) is 36.4 Å². The standard InChI is InChI=1S/C19H25NO3/c1-23-19(22)17(13-7-12-15-8-3-2-4-9-15)20-18(21)14-16-10-5-6-11-16/h2-4,7-9,12,16-17H,5-6,10-11,13-14H2,1H3,(H,20,21)/b12-7+/t17-/m0/s1. The van der Waals surface area contributed by atoms with Gasteiger partial charge in [0.05, 0.1) is 7.11 Å². The van der Waals surface area contributed by atoms with E-state index in [4.69, 9.17) is 4.74 Å². The van der Waals surface area contributed by atoms with E-state index >= 15 is 0 Å². The SMILES string of the molecule is COC(=O)[C@H](C/C=C/c1ccccc1)NC(=O)CC1CCCC1. The second-order valence-corrected chi connectivity index (χ2v) is 6.05. The van der Waals surface area contributed by atoms with Gasteiger partial charge in [-0.3, -0.25) is 4.79 Å². The number of rotatable bonds is 7. The molecule has 0 saturated heterocycles. The van der Waals surface area contributed by atoms with Crippen LogP contribution in [-0.4, -0.2) is 25.0 Å². The Morgan fingerprint density at radius 2 is 1.96 bits per heavy atom. The van der Waals surface area contributed by atoms with Crippen molar-refractivity contribution in [3.05, 3.63) is 42.0 Å². The number of benzene rings is 1. The van der Waals surface area contributed by atoms with E-state index in [1.54, 1.807) is 0 Å². The normalized spacial score (nSPS) is 16.4. The Bertz CT molecular complexity index is 533. The van der Waals surface area contributed by atoms with E-state index in [2.05, 4.69) is 5.32 Å². The minimum Gasteiger partial charge on any atom is -0.467 e. The molecule has 124 valence electrons. The molecule has 1 aliphatic rings. The summed E-state index contributed by atoms with van der Waals surface area (Å²) in [5.74, 6) is 0.0102. The molecule has 1 aromatic carbocycles. The molecule has 4 heteroatoms. The average Bonchev–Trinajstić information content (AvgIpc) is 3.07. The lowest BCUT2D eigenvalue weighted by Crippen LogP contribution is -2.41. The molecule has 1 saturated carbocycles. The molecule has 0 radical (unpaired) electrons. The summed E-state index contributed by atoms with van der Waals surface area (Å²) in [6.07, 6.45) is 9.42. The van der Waals surface area contributed by atoms with Gasteiger partial charge in [0.2, 0.25) is 5.91 Å². The zero-order valence-corrected chi connectivity index (χ0v) is 13.7. The first-order valence-corrected chi connectivity index (χ1v) is 8.28. The Morgan fingerprint density at radius 3 is 2.61 bits per heavy atom. The van der Waals surface area contributed by atoms with Gasteiger partial charge in [0.25, 0.3) is 0 Å². The summed E-state index contributed by atoms with van der Waals surface area (Å²) in [4.78, 5) is 24.0. The van der Waals surface area contributed by atoms with Crippen LogP contribution in [-0.2, 0) is 14.3 Å². The van der Waals surface area contributed by atoms with Crippen LogP contribution in [0.3, 0.4) is 0 Å². The number of methoxy groups -OCH3 is 1. The fourth-order valence-corrected chi connectivity index (χ4v) is 2.99. The third-order valence-electron chi connectivity index (χ3n) is 4.25. The maximum atomic E-state index is 12.1. The third-order valence-corrected chi connectivity index (χ3v) is 4.25.